The van der Waals surface area contributed by atoms with E-state index in [9.17, 15) is 0 Å². The summed E-state index contributed by atoms with van der Waals surface area (Å²) in [6.07, 6.45) is 20.4. The SMILES string of the molecule is C=C(CCC=C(C)C)C1C/C=C(/C)CC/C=C(\C)CC/C=C(\C)CC1. The minimum Gasteiger partial charge on any atom is -0.0996 e. The zero-order valence-electron chi connectivity index (χ0n) is 17.5. The summed E-state index contributed by atoms with van der Waals surface area (Å²) in [7, 11) is 0. The standard InChI is InChI=1S/C25H40/c1-20(2)10-7-15-24(6)25-18-16-22(4)13-8-11-21(3)12-9-14-23(5)17-19-25/h10-11,14,16,25H,6-9,12-13,15,17-19H2,1-5H3/b21-11+,22-16-,23-14+. The van der Waals surface area contributed by atoms with Gasteiger partial charge in [0.05, 0.1) is 0 Å². The summed E-state index contributed by atoms with van der Waals surface area (Å²) in [5, 5.41) is 0. The highest BCUT2D eigenvalue weighted by Gasteiger charge is 2.12. The average Bonchev–Trinajstić information content (AvgIpc) is 2.53. The van der Waals surface area contributed by atoms with Gasteiger partial charge in [0.1, 0.15) is 0 Å². The van der Waals surface area contributed by atoms with E-state index < -0.39 is 0 Å². The highest BCUT2D eigenvalue weighted by atomic mass is 14.2. The molecule has 0 aliphatic heterocycles. The Morgan fingerprint density at radius 1 is 0.960 bits per heavy atom. The maximum Gasteiger partial charge on any atom is -0.0168 e. The van der Waals surface area contributed by atoms with Gasteiger partial charge in [0.25, 0.3) is 0 Å². The minimum atomic E-state index is 0.629. The van der Waals surface area contributed by atoms with Crippen LogP contribution in [0.2, 0.25) is 0 Å². The molecule has 0 amide bonds. The normalized spacial score (nSPS) is 26.9. The largest absolute Gasteiger partial charge is 0.0996 e. The molecular weight excluding hydrogens is 300 g/mol. The van der Waals surface area contributed by atoms with Crippen LogP contribution in [-0.4, -0.2) is 0 Å². The fourth-order valence-electron chi connectivity index (χ4n) is 3.38. The molecule has 140 valence electrons. The zero-order chi connectivity index (χ0) is 18.7. The number of hydrogen-bond acceptors (Lipinski definition) is 0. The molecule has 0 spiro atoms. The van der Waals surface area contributed by atoms with Crippen molar-refractivity contribution in [1.82, 2.24) is 0 Å². The van der Waals surface area contributed by atoms with Crippen LogP contribution in [0.5, 0.6) is 0 Å². The maximum atomic E-state index is 4.45. The van der Waals surface area contributed by atoms with E-state index in [1.807, 2.05) is 0 Å². The van der Waals surface area contributed by atoms with Crippen molar-refractivity contribution in [2.45, 2.75) is 92.4 Å². The first-order valence-corrected chi connectivity index (χ1v) is 10.2. The molecule has 0 fully saturated rings. The van der Waals surface area contributed by atoms with E-state index >= 15 is 0 Å². The Morgan fingerprint density at radius 3 is 2.12 bits per heavy atom. The predicted octanol–water partition coefficient (Wildman–Crippen LogP) is 8.49. The van der Waals surface area contributed by atoms with E-state index in [4.69, 9.17) is 0 Å². The summed E-state index contributed by atoms with van der Waals surface area (Å²) in [6.45, 7) is 15.7. The van der Waals surface area contributed by atoms with Crippen LogP contribution in [0.15, 0.2) is 58.7 Å². The third kappa shape index (κ3) is 10.3. The summed E-state index contributed by atoms with van der Waals surface area (Å²) < 4.78 is 0. The van der Waals surface area contributed by atoms with E-state index in [0.717, 1.165) is 19.3 Å². The van der Waals surface area contributed by atoms with Gasteiger partial charge >= 0.3 is 0 Å². The molecule has 0 radical (unpaired) electrons. The maximum absolute atomic E-state index is 4.45. The van der Waals surface area contributed by atoms with Gasteiger partial charge in [-0.1, -0.05) is 58.7 Å². The van der Waals surface area contributed by atoms with E-state index in [0.29, 0.717) is 5.92 Å². The molecule has 0 aromatic rings. The van der Waals surface area contributed by atoms with Crippen LogP contribution in [0.4, 0.5) is 0 Å². The monoisotopic (exact) mass is 340 g/mol. The van der Waals surface area contributed by atoms with Crippen LogP contribution in [0.1, 0.15) is 92.4 Å². The molecular formula is C25H40. The molecule has 0 nitrogen and oxygen atoms in total. The van der Waals surface area contributed by atoms with Gasteiger partial charge in [-0.05, 0) is 98.3 Å². The lowest BCUT2D eigenvalue weighted by atomic mass is 9.86. The molecule has 0 aromatic heterocycles. The third-order valence-corrected chi connectivity index (χ3v) is 5.30. The van der Waals surface area contributed by atoms with E-state index in [-0.39, 0.29) is 0 Å². The fourth-order valence-corrected chi connectivity index (χ4v) is 3.38. The molecule has 0 saturated heterocycles. The van der Waals surface area contributed by atoms with Crippen LogP contribution < -0.4 is 0 Å². The molecule has 1 unspecified atom stereocenters. The van der Waals surface area contributed by atoms with Crippen LogP contribution in [0, 0.1) is 5.92 Å². The van der Waals surface area contributed by atoms with Gasteiger partial charge in [-0.3, -0.25) is 0 Å². The van der Waals surface area contributed by atoms with Crippen molar-refractivity contribution in [1.29, 1.82) is 0 Å². The molecule has 0 aromatic carbocycles. The average molecular weight is 341 g/mol. The van der Waals surface area contributed by atoms with E-state index in [2.05, 4.69) is 65.5 Å². The van der Waals surface area contributed by atoms with E-state index in [1.54, 1.807) is 11.1 Å². The third-order valence-electron chi connectivity index (χ3n) is 5.30. The van der Waals surface area contributed by atoms with Crippen LogP contribution in [0.25, 0.3) is 0 Å². The number of allylic oxidation sites excluding steroid dienone is 9. The van der Waals surface area contributed by atoms with Gasteiger partial charge in [-0.15, -0.1) is 0 Å². The summed E-state index contributed by atoms with van der Waals surface area (Å²) >= 11 is 0. The van der Waals surface area contributed by atoms with Crippen LogP contribution in [0.3, 0.4) is 0 Å². The first-order valence-electron chi connectivity index (χ1n) is 10.2. The first-order chi connectivity index (χ1) is 11.9. The summed E-state index contributed by atoms with van der Waals surface area (Å²) in [5.74, 6) is 0.629. The van der Waals surface area contributed by atoms with Crippen molar-refractivity contribution in [3.63, 3.8) is 0 Å². The molecule has 0 N–H and O–H groups in total. The lowest BCUT2D eigenvalue weighted by Crippen LogP contribution is -2.04. The zero-order valence-corrected chi connectivity index (χ0v) is 17.5. The molecule has 0 heterocycles. The predicted molar refractivity (Wildman–Crippen MR) is 115 cm³/mol. The number of rotatable bonds is 4. The number of hydrogen-bond donors (Lipinski definition) is 0. The second kappa shape index (κ2) is 12.1. The van der Waals surface area contributed by atoms with Gasteiger partial charge in [-0.25, -0.2) is 0 Å². The van der Waals surface area contributed by atoms with E-state index in [1.165, 1.54) is 55.2 Å². The van der Waals surface area contributed by atoms with Crippen molar-refractivity contribution < 1.29 is 0 Å². The molecule has 0 heteroatoms. The van der Waals surface area contributed by atoms with Gasteiger partial charge in [0, 0.05) is 0 Å². The fraction of sp³-hybridized carbons (Fsp3) is 0.600. The summed E-state index contributed by atoms with van der Waals surface area (Å²) in [5.41, 5.74) is 7.48. The van der Waals surface area contributed by atoms with Gasteiger partial charge < -0.3 is 0 Å². The highest BCUT2D eigenvalue weighted by molar-refractivity contribution is 5.11. The summed E-state index contributed by atoms with van der Waals surface area (Å²) in [6, 6.07) is 0. The van der Waals surface area contributed by atoms with Gasteiger partial charge in [-0.2, -0.15) is 0 Å². The Hall–Kier alpha value is -1.30. The highest BCUT2D eigenvalue weighted by Crippen LogP contribution is 2.27. The smallest absolute Gasteiger partial charge is 0.0168 e. The molecule has 1 atom stereocenters. The van der Waals surface area contributed by atoms with Crippen molar-refractivity contribution in [3.8, 4) is 0 Å². The first kappa shape index (κ1) is 21.7. The lowest BCUT2D eigenvalue weighted by Gasteiger charge is -2.19. The molecule has 25 heavy (non-hydrogen) atoms. The second-order valence-corrected chi connectivity index (χ2v) is 8.18. The molecule has 1 rings (SSSR count). The Morgan fingerprint density at radius 2 is 1.52 bits per heavy atom. The van der Waals surface area contributed by atoms with Crippen LogP contribution in [-0.2, 0) is 0 Å². The Balaban J connectivity index is 2.78. The van der Waals surface area contributed by atoms with Crippen molar-refractivity contribution >= 4 is 0 Å². The second-order valence-electron chi connectivity index (χ2n) is 8.18. The quantitative estimate of drug-likeness (QED) is 0.450. The van der Waals surface area contributed by atoms with Crippen molar-refractivity contribution in [2.24, 2.45) is 5.92 Å². The molecule has 0 bridgehead atoms. The van der Waals surface area contributed by atoms with Gasteiger partial charge in [0.2, 0.25) is 0 Å². The molecule has 1 aliphatic rings. The van der Waals surface area contributed by atoms with Crippen molar-refractivity contribution in [2.75, 3.05) is 0 Å². The van der Waals surface area contributed by atoms with Gasteiger partial charge in [0.15, 0.2) is 0 Å². The Bertz CT molecular complexity index is 532. The summed E-state index contributed by atoms with van der Waals surface area (Å²) in [4.78, 5) is 0. The lowest BCUT2D eigenvalue weighted by molar-refractivity contribution is 0.545. The van der Waals surface area contributed by atoms with Crippen LogP contribution >= 0.6 is 0 Å². The topological polar surface area (TPSA) is 0 Å². The minimum absolute atomic E-state index is 0.629. The molecule has 1 aliphatic carbocycles. The molecule has 0 saturated carbocycles. The Labute approximate surface area is 157 Å². The van der Waals surface area contributed by atoms with Crippen molar-refractivity contribution in [3.05, 3.63) is 58.7 Å². The Kier molecular flexibility index (Phi) is 10.5.